The van der Waals surface area contributed by atoms with E-state index in [2.05, 4.69) is 0 Å². The summed E-state index contributed by atoms with van der Waals surface area (Å²) in [5.74, 6) is -0.707. The highest BCUT2D eigenvalue weighted by molar-refractivity contribution is 5.85. The van der Waals surface area contributed by atoms with Crippen molar-refractivity contribution in [2.24, 2.45) is 0 Å². The van der Waals surface area contributed by atoms with E-state index in [0.717, 1.165) is 12.8 Å². The summed E-state index contributed by atoms with van der Waals surface area (Å²) >= 11 is 0. The molecule has 2 atom stereocenters. The summed E-state index contributed by atoms with van der Waals surface area (Å²) in [6.07, 6.45) is 2.08. The van der Waals surface area contributed by atoms with Crippen LogP contribution < -0.4 is 0 Å². The molecule has 0 aromatic rings. The van der Waals surface area contributed by atoms with Gasteiger partial charge in [-0.3, -0.25) is 14.5 Å². The monoisotopic (exact) mass is 306 g/mol. The van der Waals surface area contributed by atoms with Gasteiger partial charge in [0.1, 0.15) is 12.1 Å². The topological polar surface area (TPSA) is 70.1 Å². The molecule has 2 saturated heterocycles. The Kier molecular flexibility index (Phi) is 6.71. The molecule has 0 aromatic heterocycles. The van der Waals surface area contributed by atoms with Crippen LogP contribution >= 0.6 is 12.4 Å². The summed E-state index contributed by atoms with van der Waals surface area (Å²) in [6.45, 7) is 5.01. The van der Waals surface area contributed by atoms with Gasteiger partial charge in [-0.05, 0) is 19.3 Å². The lowest BCUT2D eigenvalue weighted by atomic mass is 10.1. The zero-order chi connectivity index (χ0) is 13.8. The maximum atomic E-state index is 12.1. The number of halogens is 1. The first-order chi connectivity index (χ1) is 9.13. The average Bonchev–Trinajstić information content (AvgIpc) is 2.93. The molecule has 20 heavy (non-hydrogen) atoms. The zero-order valence-electron chi connectivity index (χ0n) is 11.8. The molecular formula is C13H23ClN2O4. The summed E-state index contributed by atoms with van der Waals surface area (Å²) in [4.78, 5) is 27.0. The molecule has 2 heterocycles. The SMILES string of the molecule is CCC(C(=O)O)N1CCN(C(=O)C2CCCO2)CC1.Cl. The molecule has 0 saturated carbocycles. The van der Waals surface area contributed by atoms with E-state index in [4.69, 9.17) is 9.84 Å². The minimum atomic E-state index is -0.776. The number of nitrogens with zero attached hydrogens (tertiary/aromatic N) is 2. The van der Waals surface area contributed by atoms with Gasteiger partial charge in [-0.2, -0.15) is 0 Å². The van der Waals surface area contributed by atoms with Crippen LogP contribution in [0.5, 0.6) is 0 Å². The molecule has 0 aromatic carbocycles. The number of aliphatic carboxylic acids is 1. The third kappa shape index (κ3) is 3.84. The van der Waals surface area contributed by atoms with Crippen molar-refractivity contribution in [2.75, 3.05) is 32.8 Å². The summed E-state index contributed by atoms with van der Waals surface area (Å²) in [6, 6.07) is -0.431. The quantitative estimate of drug-likeness (QED) is 0.823. The Hall–Kier alpha value is -0.850. The lowest BCUT2D eigenvalue weighted by Crippen LogP contribution is -2.55. The van der Waals surface area contributed by atoms with Crippen LogP contribution in [0.15, 0.2) is 0 Å². The molecule has 0 spiro atoms. The predicted molar refractivity (Wildman–Crippen MR) is 76.1 cm³/mol. The molecular weight excluding hydrogens is 284 g/mol. The predicted octanol–water partition coefficient (Wildman–Crippen LogP) is 0.595. The van der Waals surface area contributed by atoms with Crippen LogP contribution in [0.4, 0.5) is 0 Å². The maximum absolute atomic E-state index is 12.1. The van der Waals surface area contributed by atoms with E-state index < -0.39 is 12.0 Å². The number of hydrogen-bond acceptors (Lipinski definition) is 4. The first-order valence-electron chi connectivity index (χ1n) is 7.00. The molecule has 0 aliphatic carbocycles. The van der Waals surface area contributed by atoms with Crippen molar-refractivity contribution >= 4 is 24.3 Å². The second-order valence-electron chi connectivity index (χ2n) is 5.13. The summed E-state index contributed by atoms with van der Waals surface area (Å²) < 4.78 is 5.40. The first-order valence-corrected chi connectivity index (χ1v) is 7.00. The smallest absolute Gasteiger partial charge is 0.320 e. The third-order valence-corrected chi connectivity index (χ3v) is 3.94. The molecule has 2 aliphatic heterocycles. The Morgan fingerprint density at radius 3 is 2.40 bits per heavy atom. The number of carbonyl (C=O) groups is 2. The highest BCUT2D eigenvalue weighted by Gasteiger charge is 2.33. The minimum Gasteiger partial charge on any atom is -0.480 e. The summed E-state index contributed by atoms with van der Waals surface area (Å²) in [5.41, 5.74) is 0. The lowest BCUT2D eigenvalue weighted by Gasteiger charge is -2.38. The van der Waals surface area contributed by atoms with Gasteiger partial charge in [0.25, 0.3) is 5.91 Å². The fourth-order valence-electron chi connectivity index (χ4n) is 2.82. The van der Waals surface area contributed by atoms with Crippen molar-refractivity contribution < 1.29 is 19.4 Å². The largest absolute Gasteiger partial charge is 0.480 e. The zero-order valence-corrected chi connectivity index (χ0v) is 12.6. The van der Waals surface area contributed by atoms with Gasteiger partial charge in [-0.1, -0.05) is 6.92 Å². The van der Waals surface area contributed by atoms with Crippen LogP contribution in [0.1, 0.15) is 26.2 Å². The molecule has 0 radical (unpaired) electrons. The maximum Gasteiger partial charge on any atom is 0.320 e. The second-order valence-corrected chi connectivity index (χ2v) is 5.13. The number of hydrogen-bond donors (Lipinski definition) is 1. The molecule has 2 fully saturated rings. The Balaban J connectivity index is 0.00000200. The molecule has 1 N–H and O–H groups in total. The Labute approximate surface area is 125 Å². The van der Waals surface area contributed by atoms with Gasteiger partial charge in [-0.15, -0.1) is 12.4 Å². The first kappa shape index (κ1) is 17.2. The number of carbonyl (C=O) groups excluding carboxylic acids is 1. The number of rotatable bonds is 4. The highest BCUT2D eigenvalue weighted by Crippen LogP contribution is 2.17. The number of carboxylic acids is 1. The van der Waals surface area contributed by atoms with Crippen molar-refractivity contribution in [1.82, 2.24) is 9.80 Å². The lowest BCUT2D eigenvalue weighted by molar-refractivity contribution is -0.147. The third-order valence-electron chi connectivity index (χ3n) is 3.94. The fourth-order valence-corrected chi connectivity index (χ4v) is 2.82. The molecule has 2 unspecified atom stereocenters. The molecule has 2 aliphatic rings. The van der Waals surface area contributed by atoms with E-state index in [1.54, 1.807) is 4.90 Å². The van der Waals surface area contributed by atoms with Gasteiger partial charge in [0.15, 0.2) is 0 Å². The average molecular weight is 307 g/mol. The number of ether oxygens (including phenoxy) is 1. The molecule has 1 amide bonds. The van der Waals surface area contributed by atoms with Gasteiger partial charge in [-0.25, -0.2) is 0 Å². The Morgan fingerprint density at radius 1 is 1.30 bits per heavy atom. The summed E-state index contributed by atoms with van der Waals surface area (Å²) in [7, 11) is 0. The number of amides is 1. The fraction of sp³-hybridized carbons (Fsp3) is 0.846. The van der Waals surface area contributed by atoms with E-state index in [-0.39, 0.29) is 24.4 Å². The van der Waals surface area contributed by atoms with E-state index >= 15 is 0 Å². The van der Waals surface area contributed by atoms with Gasteiger partial charge < -0.3 is 14.7 Å². The van der Waals surface area contributed by atoms with Gasteiger partial charge in [0.2, 0.25) is 0 Å². The van der Waals surface area contributed by atoms with E-state index in [1.807, 2.05) is 11.8 Å². The van der Waals surface area contributed by atoms with Crippen LogP contribution in [0, 0.1) is 0 Å². The van der Waals surface area contributed by atoms with Crippen molar-refractivity contribution in [2.45, 2.75) is 38.3 Å². The molecule has 0 bridgehead atoms. The van der Waals surface area contributed by atoms with E-state index in [9.17, 15) is 9.59 Å². The number of piperazine rings is 1. The van der Waals surface area contributed by atoms with Crippen LogP contribution in [0.2, 0.25) is 0 Å². The van der Waals surface area contributed by atoms with E-state index in [1.165, 1.54) is 0 Å². The summed E-state index contributed by atoms with van der Waals surface area (Å²) in [5, 5.41) is 9.13. The normalized spacial score (nSPS) is 25.1. The molecule has 2 rings (SSSR count). The second kappa shape index (κ2) is 7.81. The van der Waals surface area contributed by atoms with Gasteiger partial charge >= 0.3 is 5.97 Å². The molecule has 7 heteroatoms. The van der Waals surface area contributed by atoms with Crippen molar-refractivity contribution in [3.8, 4) is 0 Å². The molecule has 116 valence electrons. The van der Waals surface area contributed by atoms with Crippen molar-refractivity contribution in [3.05, 3.63) is 0 Å². The highest BCUT2D eigenvalue weighted by atomic mass is 35.5. The van der Waals surface area contributed by atoms with Crippen molar-refractivity contribution in [3.63, 3.8) is 0 Å². The van der Waals surface area contributed by atoms with Gasteiger partial charge in [0, 0.05) is 32.8 Å². The van der Waals surface area contributed by atoms with Crippen LogP contribution in [0.25, 0.3) is 0 Å². The van der Waals surface area contributed by atoms with Crippen LogP contribution in [-0.2, 0) is 14.3 Å². The Bertz CT molecular complexity index is 339. The van der Waals surface area contributed by atoms with Gasteiger partial charge in [0.05, 0.1) is 0 Å². The number of carboxylic acid groups (broad SMARTS) is 1. The Morgan fingerprint density at radius 2 is 1.95 bits per heavy atom. The van der Waals surface area contributed by atoms with Crippen LogP contribution in [0.3, 0.4) is 0 Å². The minimum absolute atomic E-state index is 0. The molecule has 6 nitrogen and oxygen atoms in total. The van der Waals surface area contributed by atoms with E-state index in [0.29, 0.717) is 39.2 Å². The van der Waals surface area contributed by atoms with Crippen LogP contribution in [-0.4, -0.2) is 71.7 Å². The standard InChI is InChI=1S/C13H22N2O4.ClH/c1-2-10(13(17)18)14-5-7-15(8-6-14)12(16)11-4-3-9-19-11;/h10-11H,2-9H2,1H3,(H,17,18);1H. The van der Waals surface area contributed by atoms with Crippen molar-refractivity contribution in [1.29, 1.82) is 0 Å².